The average molecular weight is 964 g/mol. The molecule has 0 aliphatic heterocycles. The zero-order valence-electron chi connectivity index (χ0n) is 35.8. The van der Waals surface area contributed by atoms with E-state index in [0.717, 1.165) is 21.8 Å². The molecule has 6 N–H and O–H groups in total. The van der Waals surface area contributed by atoms with Gasteiger partial charge < -0.3 is 64.6 Å². The lowest BCUT2D eigenvalue weighted by Crippen LogP contribution is -3.00. The van der Waals surface area contributed by atoms with Gasteiger partial charge in [0, 0.05) is 49.7 Å². The van der Waals surface area contributed by atoms with E-state index in [9.17, 15) is 39.0 Å². The number of hydrogen-bond donors (Lipinski definition) is 6. The summed E-state index contributed by atoms with van der Waals surface area (Å²) in [5.74, 6) is -3.87. The Hall–Kier alpha value is -7.74. The number of pyridine rings is 2. The molecular weight excluding hydrogens is 915 g/mol. The monoisotopic (exact) mass is 962 g/mol. The van der Waals surface area contributed by atoms with Crippen LogP contribution in [0.15, 0.2) is 127 Å². The van der Waals surface area contributed by atoms with Crippen LogP contribution in [0.25, 0.3) is 0 Å². The fourth-order valence-corrected chi connectivity index (χ4v) is 4.81. The lowest BCUT2D eigenvalue weighted by Gasteiger charge is -2.05. The second kappa shape index (κ2) is 28.1. The number of aromatic nitrogens is 6. The Morgan fingerprint density at radius 2 is 0.879 bits per heavy atom. The highest BCUT2D eigenvalue weighted by Gasteiger charge is 2.27. The van der Waals surface area contributed by atoms with Crippen LogP contribution in [0.5, 0.6) is 0 Å². The number of rotatable bonds is 18. The number of azo groups is 2. The van der Waals surface area contributed by atoms with Gasteiger partial charge in [0.2, 0.25) is 12.1 Å². The highest BCUT2D eigenvalue weighted by atomic mass is 35.5. The van der Waals surface area contributed by atoms with Crippen LogP contribution in [0, 0.1) is 11.8 Å². The molecule has 28 heteroatoms. The first-order valence-corrected chi connectivity index (χ1v) is 19.2. The summed E-state index contributed by atoms with van der Waals surface area (Å²) in [6.45, 7) is 7.52. The normalized spacial score (nSPS) is 12.4. The van der Waals surface area contributed by atoms with Crippen molar-refractivity contribution in [3.05, 3.63) is 97.2 Å². The average Bonchev–Trinajstić information content (AvgIpc) is 3.94. The van der Waals surface area contributed by atoms with Crippen LogP contribution < -0.4 is 44.7 Å². The quantitative estimate of drug-likeness (QED) is 0.0186. The molecule has 0 saturated carbocycles. The van der Waals surface area contributed by atoms with Crippen molar-refractivity contribution in [2.45, 2.75) is 65.7 Å². The van der Waals surface area contributed by atoms with Gasteiger partial charge in [0.25, 0.3) is 12.7 Å². The minimum Gasteiger partial charge on any atom is -1.00 e. The highest BCUT2D eigenvalue weighted by Crippen LogP contribution is 2.06. The van der Waals surface area contributed by atoms with E-state index in [1.54, 1.807) is 58.2 Å². The molecular formula is C38H48Cl2N14O12. The predicted molar refractivity (Wildman–Crippen MR) is 218 cm³/mol. The van der Waals surface area contributed by atoms with Crippen molar-refractivity contribution in [1.29, 1.82) is 0 Å². The Morgan fingerprint density at radius 1 is 0.545 bits per heavy atom. The molecule has 2 unspecified atom stereocenters. The maximum atomic E-state index is 11.5. The van der Waals surface area contributed by atoms with E-state index in [-0.39, 0.29) is 74.3 Å². The summed E-state index contributed by atoms with van der Waals surface area (Å²) in [7, 11) is 0. The van der Waals surface area contributed by atoms with Crippen LogP contribution in [0.1, 0.15) is 52.6 Å². The molecule has 4 heterocycles. The van der Waals surface area contributed by atoms with Crippen LogP contribution >= 0.6 is 0 Å². The van der Waals surface area contributed by atoms with Gasteiger partial charge in [-0.3, -0.25) is 9.59 Å². The van der Waals surface area contributed by atoms with Gasteiger partial charge in [-0.25, -0.2) is 18.7 Å². The van der Waals surface area contributed by atoms with E-state index >= 15 is 0 Å². The van der Waals surface area contributed by atoms with Crippen molar-refractivity contribution in [3.8, 4) is 0 Å². The van der Waals surface area contributed by atoms with E-state index in [0.29, 0.717) is 23.8 Å². The number of amidine groups is 2. The van der Waals surface area contributed by atoms with E-state index in [2.05, 4.69) is 40.9 Å². The topological polar surface area (TPSA) is 350 Å². The molecule has 356 valence electrons. The maximum Gasteiger partial charge on any atom is 0.509 e. The first kappa shape index (κ1) is 56.3. The van der Waals surface area contributed by atoms with Gasteiger partial charge in [-0.05, 0) is 24.3 Å². The van der Waals surface area contributed by atoms with Crippen LogP contribution in [-0.2, 0) is 32.3 Å². The van der Waals surface area contributed by atoms with Crippen LogP contribution in [0.4, 0.5) is 9.59 Å². The SMILES string of the molecule is CC(C)C(N=NCC(C(=O)O)[n+]1ccn(C(=O)O)c1)=NN=c1ccn(CCC(=O)O)cc1.CC(C)C(N=NCC(C(=O)O)[n+]1ccn(C(=O)O)c1)=NN=c1ccn(CCC(=O)O)cc1.[Cl-].[Cl-]. The summed E-state index contributed by atoms with van der Waals surface area (Å²) in [6, 6.07) is 4.41. The number of imidazole rings is 2. The Morgan fingerprint density at radius 3 is 1.14 bits per heavy atom. The molecule has 4 aromatic rings. The van der Waals surface area contributed by atoms with Crippen molar-refractivity contribution < 1.29 is 93.4 Å². The smallest absolute Gasteiger partial charge is 0.509 e. The van der Waals surface area contributed by atoms with Crippen molar-refractivity contribution >= 4 is 47.7 Å². The standard InChI is InChI=1S/2C19H23N7O6.2ClH/c2*1-13(2)17(23-21-14-3-6-24(7-4-14)8-5-16(27)28)22-20-11-15(18(29)30)25-9-10-26(12-25)19(31)32;;/h2*3-4,6-7,9-10,12-13,15H,5,8,11H2,1-2H3,(H2-,27,28,29,30,31,32);2*1H. The van der Waals surface area contributed by atoms with Crippen molar-refractivity contribution in [2.75, 3.05) is 13.1 Å². The van der Waals surface area contributed by atoms with Gasteiger partial charge in [-0.15, -0.1) is 39.8 Å². The molecule has 4 rings (SSSR count). The number of carbonyl (C=O) groups is 6. The summed E-state index contributed by atoms with van der Waals surface area (Å²) >= 11 is 0. The largest absolute Gasteiger partial charge is 1.00 e. The Kier molecular flexibility index (Phi) is 24.0. The summed E-state index contributed by atoms with van der Waals surface area (Å²) < 4.78 is 7.52. The Balaban J connectivity index is 0.000000641. The molecule has 0 radical (unpaired) electrons. The fraction of sp³-hybridized carbons (Fsp3) is 0.368. The van der Waals surface area contributed by atoms with Gasteiger partial charge in [-0.1, -0.05) is 27.7 Å². The number of carboxylic acids is 4. The van der Waals surface area contributed by atoms with Gasteiger partial charge in [0.15, 0.2) is 11.7 Å². The van der Waals surface area contributed by atoms with Crippen LogP contribution in [-0.4, -0.2) is 110 Å². The number of aliphatic carboxylic acids is 4. The molecule has 26 nitrogen and oxygen atoms in total. The van der Waals surface area contributed by atoms with E-state index in [1.165, 1.54) is 33.9 Å². The predicted octanol–water partition coefficient (Wildman–Crippen LogP) is -3.54. The number of carboxylic acid groups (broad SMARTS) is 6. The number of hydrogen-bond acceptors (Lipinski definition) is 12. The molecule has 0 fully saturated rings. The molecule has 2 atom stereocenters. The molecule has 0 saturated heterocycles. The molecule has 66 heavy (non-hydrogen) atoms. The van der Waals surface area contributed by atoms with Gasteiger partial charge in [0.1, 0.15) is 37.9 Å². The summed E-state index contributed by atoms with van der Waals surface area (Å²) in [5, 5.41) is 87.5. The first-order valence-electron chi connectivity index (χ1n) is 19.2. The van der Waals surface area contributed by atoms with Crippen LogP contribution in [0.2, 0.25) is 0 Å². The zero-order valence-corrected chi connectivity index (χ0v) is 37.3. The minimum absolute atomic E-state index is 0. The second-order valence-corrected chi connectivity index (χ2v) is 14.0. The van der Waals surface area contributed by atoms with Crippen molar-refractivity contribution in [1.82, 2.24) is 18.3 Å². The summed E-state index contributed by atoms with van der Waals surface area (Å²) in [6.07, 6.45) is 11.7. The lowest BCUT2D eigenvalue weighted by molar-refractivity contribution is -0.707. The summed E-state index contributed by atoms with van der Waals surface area (Å²) in [5.41, 5.74) is 0. The van der Waals surface area contributed by atoms with E-state index in [4.69, 9.17) is 20.4 Å². The third kappa shape index (κ3) is 19.3. The minimum atomic E-state index is -1.24. The third-order valence-corrected chi connectivity index (χ3v) is 8.38. The lowest BCUT2D eigenvalue weighted by atomic mass is 10.2. The number of aryl methyl sites for hydroxylation is 2. The molecule has 4 aromatic heterocycles. The van der Waals surface area contributed by atoms with E-state index in [1.807, 2.05) is 27.7 Å². The van der Waals surface area contributed by atoms with Gasteiger partial charge in [-0.2, -0.15) is 19.8 Å². The van der Waals surface area contributed by atoms with Crippen molar-refractivity contribution in [2.24, 2.45) is 52.7 Å². The number of nitrogens with zero attached hydrogens (tertiary/aromatic N) is 14. The van der Waals surface area contributed by atoms with Gasteiger partial charge >= 0.3 is 36.1 Å². The molecule has 0 bridgehead atoms. The fourth-order valence-electron chi connectivity index (χ4n) is 4.81. The number of halogens is 2. The third-order valence-electron chi connectivity index (χ3n) is 8.38. The first-order chi connectivity index (χ1) is 30.3. The van der Waals surface area contributed by atoms with Crippen LogP contribution in [0.3, 0.4) is 0 Å². The second-order valence-electron chi connectivity index (χ2n) is 14.0. The molecule has 0 aliphatic rings. The van der Waals surface area contributed by atoms with Gasteiger partial charge in [0.05, 0.1) is 23.6 Å². The molecule has 0 aliphatic carbocycles. The van der Waals surface area contributed by atoms with Crippen molar-refractivity contribution in [3.63, 3.8) is 0 Å². The molecule has 0 spiro atoms. The van der Waals surface area contributed by atoms with E-state index < -0.39 is 48.1 Å². The zero-order chi connectivity index (χ0) is 47.3. The highest BCUT2D eigenvalue weighted by molar-refractivity contribution is 5.84. The maximum absolute atomic E-state index is 11.5. The summed E-state index contributed by atoms with van der Waals surface area (Å²) in [4.78, 5) is 66.3. The molecule has 0 amide bonds. The molecule has 0 aromatic carbocycles. The Labute approximate surface area is 387 Å². The Bertz CT molecular complexity index is 2340.